The van der Waals surface area contributed by atoms with E-state index in [1.54, 1.807) is 12.1 Å². The van der Waals surface area contributed by atoms with E-state index in [-0.39, 0.29) is 29.8 Å². The summed E-state index contributed by atoms with van der Waals surface area (Å²) in [6.45, 7) is -0.241. The molecule has 0 spiro atoms. The number of aliphatic hydroxyl groups excluding tert-OH is 1. The average molecular weight is 548 g/mol. The van der Waals surface area contributed by atoms with Crippen molar-refractivity contribution in [2.45, 2.75) is 31.4 Å². The number of carbonyl (C=O) groups is 1. The molecule has 1 aliphatic rings. The van der Waals surface area contributed by atoms with Crippen LogP contribution in [0.1, 0.15) is 44.1 Å². The number of nitrogens with one attached hydrogen (secondary N) is 1. The van der Waals surface area contributed by atoms with E-state index in [2.05, 4.69) is 25.5 Å². The van der Waals surface area contributed by atoms with Crippen molar-refractivity contribution in [1.29, 1.82) is 5.26 Å². The van der Waals surface area contributed by atoms with Crippen LogP contribution in [0.4, 0.5) is 5.82 Å². The summed E-state index contributed by atoms with van der Waals surface area (Å²) >= 11 is 7.17. The summed E-state index contributed by atoms with van der Waals surface area (Å²) in [5.41, 5.74) is 1.86. The molecule has 1 fully saturated rings. The van der Waals surface area contributed by atoms with Crippen molar-refractivity contribution >= 4 is 44.8 Å². The van der Waals surface area contributed by atoms with E-state index in [9.17, 15) is 23.6 Å². The number of nitrogens with zero attached hydrogens (tertiary/aromatic N) is 3. The quantitative estimate of drug-likeness (QED) is 0.341. The zero-order chi connectivity index (χ0) is 25.9. The van der Waals surface area contributed by atoms with E-state index in [1.807, 2.05) is 18.2 Å². The summed E-state index contributed by atoms with van der Waals surface area (Å²) in [5.74, 6) is -0.514. The molecule has 1 aliphatic carbocycles. The number of hydrogen-bond acceptors (Lipinski definition) is 10. The van der Waals surface area contributed by atoms with Gasteiger partial charge in [-0.1, -0.05) is 23.7 Å². The number of rotatable bonds is 9. The summed E-state index contributed by atoms with van der Waals surface area (Å²) in [4.78, 5) is 22.4. The standard InChI is InChI=1S/C23H22ClN5O5S2/c24-16-3-1-2-13(5-16)4-14-7-20(35-21(14)9-25)22(31)18-10-27-12-28-23(18)29-17-6-15(19(30)8-17)11-34-36(26,32)33/h1-3,5,7,10,12,15,17,19,30H,4,6,8,11H2,(H2,26,32,33)(H,27,28,29)/t15-,17-,19+/m1/s1. The van der Waals surface area contributed by atoms with E-state index in [0.717, 1.165) is 22.5 Å². The van der Waals surface area contributed by atoms with Gasteiger partial charge in [0.15, 0.2) is 0 Å². The first-order chi connectivity index (χ1) is 17.1. The van der Waals surface area contributed by atoms with Crippen molar-refractivity contribution < 1.29 is 22.5 Å². The maximum Gasteiger partial charge on any atom is 0.333 e. The molecule has 0 saturated heterocycles. The zero-order valence-corrected chi connectivity index (χ0v) is 21.2. The van der Waals surface area contributed by atoms with Crippen LogP contribution in [0.5, 0.6) is 0 Å². The molecule has 1 aromatic carbocycles. The molecular formula is C23H22ClN5O5S2. The van der Waals surface area contributed by atoms with Gasteiger partial charge in [0.2, 0.25) is 5.78 Å². The molecule has 0 amide bonds. The highest BCUT2D eigenvalue weighted by Gasteiger charge is 2.35. The number of nitrogens with two attached hydrogens (primary N) is 1. The first-order valence-corrected chi connectivity index (χ1v) is 13.5. The zero-order valence-electron chi connectivity index (χ0n) is 18.8. The Morgan fingerprint density at radius 1 is 1.36 bits per heavy atom. The monoisotopic (exact) mass is 547 g/mol. The van der Waals surface area contributed by atoms with Gasteiger partial charge in [-0.2, -0.15) is 13.7 Å². The van der Waals surface area contributed by atoms with Crippen LogP contribution in [0, 0.1) is 17.2 Å². The summed E-state index contributed by atoms with van der Waals surface area (Å²) < 4.78 is 26.8. The normalized spacial score (nSPS) is 19.7. The smallest absolute Gasteiger partial charge is 0.333 e. The van der Waals surface area contributed by atoms with E-state index in [0.29, 0.717) is 34.0 Å². The second-order valence-corrected chi connectivity index (χ2v) is 11.1. The van der Waals surface area contributed by atoms with Crippen molar-refractivity contribution in [3.05, 3.63) is 74.3 Å². The Morgan fingerprint density at radius 2 is 2.17 bits per heavy atom. The minimum absolute atomic E-state index is 0.219. The average Bonchev–Trinajstić information content (AvgIpc) is 3.39. The van der Waals surface area contributed by atoms with Crippen LogP contribution in [0.15, 0.2) is 42.9 Å². The third-order valence-electron chi connectivity index (χ3n) is 5.82. The van der Waals surface area contributed by atoms with Gasteiger partial charge >= 0.3 is 10.3 Å². The minimum atomic E-state index is -4.11. The lowest BCUT2D eigenvalue weighted by Gasteiger charge is -2.15. The molecule has 0 unspecified atom stereocenters. The molecule has 2 aromatic heterocycles. The second kappa shape index (κ2) is 11.0. The van der Waals surface area contributed by atoms with Gasteiger partial charge in [-0.25, -0.2) is 15.1 Å². The molecule has 0 bridgehead atoms. The number of thiophene rings is 1. The van der Waals surface area contributed by atoms with Gasteiger partial charge in [-0.15, -0.1) is 11.3 Å². The minimum Gasteiger partial charge on any atom is -0.393 e. The Hall–Kier alpha value is -2.92. The topological polar surface area (TPSA) is 168 Å². The van der Waals surface area contributed by atoms with Gasteiger partial charge in [0.1, 0.15) is 23.1 Å². The van der Waals surface area contributed by atoms with Gasteiger partial charge in [-0.3, -0.25) is 8.98 Å². The molecule has 4 rings (SSSR count). The van der Waals surface area contributed by atoms with E-state index < -0.39 is 22.3 Å². The molecule has 36 heavy (non-hydrogen) atoms. The Kier molecular flexibility index (Phi) is 7.99. The second-order valence-electron chi connectivity index (χ2n) is 8.42. The fourth-order valence-corrected chi connectivity index (χ4v) is 5.66. The summed E-state index contributed by atoms with van der Waals surface area (Å²) in [6.07, 6.45) is 3.02. The maximum absolute atomic E-state index is 13.4. The van der Waals surface area contributed by atoms with E-state index in [1.165, 1.54) is 12.5 Å². The van der Waals surface area contributed by atoms with Crippen molar-refractivity contribution in [2.75, 3.05) is 11.9 Å². The first-order valence-electron chi connectivity index (χ1n) is 10.9. The lowest BCUT2D eigenvalue weighted by molar-refractivity contribution is 0.101. The van der Waals surface area contributed by atoms with Gasteiger partial charge in [0.05, 0.1) is 23.2 Å². The number of ketones is 1. The van der Waals surface area contributed by atoms with Crippen LogP contribution in [0.2, 0.25) is 5.02 Å². The predicted molar refractivity (Wildman–Crippen MR) is 134 cm³/mol. The molecule has 188 valence electrons. The van der Waals surface area contributed by atoms with Crippen LogP contribution in [-0.4, -0.2) is 48.0 Å². The van der Waals surface area contributed by atoms with Crippen molar-refractivity contribution in [3.63, 3.8) is 0 Å². The maximum atomic E-state index is 13.4. The van der Waals surface area contributed by atoms with Crippen molar-refractivity contribution in [2.24, 2.45) is 11.1 Å². The molecule has 10 nitrogen and oxygen atoms in total. The summed E-state index contributed by atoms with van der Waals surface area (Å²) in [5, 5.41) is 28.5. The molecule has 13 heteroatoms. The number of benzene rings is 1. The Labute approximate surface area is 217 Å². The third kappa shape index (κ3) is 6.44. The number of aromatic nitrogens is 2. The molecule has 3 atom stereocenters. The Morgan fingerprint density at radius 3 is 2.89 bits per heavy atom. The molecule has 3 aromatic rings. The highest BCUT2D eigenvalue weighted by Crippen LogP contribution is 2.31. The fourth-order valence-electron chi connectivity index (χ4n) is 4.15. The SMILES string of the molecule is N#Cc1sc(C(=O)c2cncnc2N[C@@H]2C[C@H](COS(N)(=O)=O)[C@@H](O)C2)cc1Cc1cccc(Cl)c1. The van der Waals surface area contributed by atoms with Crippen LogP contribution < -0.4 is 10.5 Å². The molecule has 2 heterocycles. The largest absolute Gasteiger partial charge is 0.393 e. The number of carbonyl (C=O) groups excluding carboxylic acids is 1. The van der Waals surface area contributed by atoms with Gasteiger partial charge in [0.25, 0.3) is 0 Å². The number of nitriles is 1. The molecule has 0 aliphatic heterocycles. The molecular weight excluding hydrogens is 526 g/mol. The highest BCUT2D eigenvalue weighted by molar-refractivity contribution is 7.84. The Bertz CT molecular complexity index is 1420. The van der Waals surface area contributed by atoms with Crippen molar-refractivity contribution in [3.8, 4) is 6.07 Å². The molecule has 0 radical (unpaired) electrons. The van der Waals surface area contributed by atoms with Gasteiger partial charge < -0.3 is 10.4 Å². The van der Waals surface area contributed by atoms with E-state index >= 15 is 0 Å². The summed E-state index contributed by atoms with van der Waals surface area (Å²) in [7, 11) is -4.11. The van der Waals surface area contributed by atoms with Crippen LogP contribution in [0.3, 0.4) is 0 Å². The number of aliphatic hydroxyl groups is 1. The van der Waals surface area contributed by atoms with Crippen LogP contribution in [-0.2, 0) is 20.9 Å². The molecule has 4 N–H and O–H groups in total. The predicted octanol–water partition coefficient (Wildman–Crippen LogP) is 2.66. The number of halogens is 1. The van der Waals surface area contributed by atoms with Crippen molar-refractivity contribution in [1.82, 2.24) is 9.97 Å². The van der Waals surface area contributed by atoms with E-state index in [4.69, 9.17) is 16.7 Å². The first kappa shape index (κ1) is 26.2. The van der Waals surface area contributed by atoms with Gasteiger partial charge in [-0.05, 0) is 48.6 Å². The van der Waals surface area contributed by atoms with Crippen LogP contribution in [0.25, 0.3) is 0 Å². The fraction of sp³-hybridized carbons (Fsp3) is 0.304. The number of anilines is 1. The van der Waals surface area contributed by atoms with Gasteiger partial charge in [0, 0.05) is 23.2 Å². The lowest BCUT2D eigenvalue weighted by atomic mass is 10.0. The lowest BCUT2D eigenvalue weighted by Crippen LogP contribution is -2.24. The third-order valence-corrected chi connectivity index (χ3v) is 7.60. The highest BCUT2D eigenvalue weighted by atomic mass is 35.5. The Balaban J connectivity index is 1.51. The number of hydrogen-bond donors (Lipinski definition) is 3. The molecule has 1 saturated carbocycles. The van der Waals surface area contributed by atoms with Crippen LogP contribution >= 0.6 is 22.9 Å². The summed E-state index contributed by atoms with van der Waals surface area (Å²) in [6, 6.07) is 10.9.